The van der Waals surface area contributed by atoms with Crippen LogP contribution in [0.15, 0.2) is 12.1 Å². The first-order valence-electron chi connectivity index (χ1n) is 11.0. The fourth-order valence-corrected chi connectivity index (χ4v) is 4.16. The Morgan fingerprint density at radius 3 is 2.30 bits per heavy atom. The molecule has 0 bridgehead atoms. The van der Waals surface area contributed by atoms with Crippen molar-refractivity contribution in [1.29, 1.82) is 0 Å². The highest BCUT2D eigenvalue weighted by atomic mass is 19.2. The van der Waals surface area contributed by atoms with Gasteiger partial charge in [-0.05, 0) is 71.5 Å². The van der Waals surface area contributed by atoms with Crippen LogP contribution in [0.3, 0.4) is 0 Å². The molecule has 1 amide bonds. The maximum absolute atomic E-state index is 14.0. The van der Waals surface area contributed by atoms with Gasteiger partial charge in [-0.25, -0.2) is 13.6 Å². The zero-order valence-corrected chi connectivity index (χ0v) is 18.4. The van der Waals surface area contributed by atoms with Crippen molar-refractivity contribution in [2.75, 3.05) is 39.3 Å². The summed E-state index contributed by atoms with van der Waals surface area (Å²) in [6.45, 7) is 9.93. The van der Waals surface area contributed by atoms with Crippen LogP contribution in [0.4, 0.5) is 13.6 Å². The van der Waals surface area contributed by atoms with Gasteiger partial charge in [-0.3, -0.25) is 4.90 Å². The van der Waals surface area contributed by atoms with Gasteiger partial charge in [0, 0.05) is 31.3 Å². The summed E-state index contributed by atoms with van der Waals surface area (Å²) in [5.41, 5.74) is 0.153. The average molecular weight is 425 g/mol. The third-order valence-corrected chi connectivity index (χ3v) is 5.75. The van der Waals surface area contributed by atoms with Crippen molar-refractivity contribution in [3.05, 3.63) is 29.3 Å². The van der Waals surface area contributed by atoms with E-state index in [0.717, 1.165) is 19.6 Å². The van der Waals surface area contributed by atoms with E-state index in [1.54, 1.807) is 4.90 Å². The van der Waals surface area contributed by atoms with Crippen molar-refractivity contribution < 1.29 is 23.0 Å². The summed E-state index contributed by atoms with van der Waals surface area (Å²) in [6.07, 6.45) is 4.66. The molecule has 0 N–H and O–H groups in total. The van der Waals surface area contributed by atoms with E-state index in [0.29, 0.717) is 43.9 Å². The Morgan fingerprint density at radius 2 is 1.67 bits per heavy atom. The number of ether oxygens (including phenoxy) is 2. The third kappa shape index (κ3) is 6.30. The Hall–Kier alpha value is -1.89. The molecule has 7 heteroatoms. The van der Waals surface area contributed by atoms with Gasteiger partial charge < -0.3 is 14.4 Å². The molecule has 1 aromatic carbocycles. The Kier molecular flexibility index (Phi) is 7.55. The number of hydrogen-bond acceptors (Lipinski definition) is 4. The van der Waals surface area contributed by atoms with Crippen LogP contribution < -0.4 is 4.74 Å². The van der Waals surface area contributed by atoms with Gasteiger partial charge in [-0.2, -0.15) is 0 Å². The summed E-state index contributed by atoms with van der Waals surface area (Å²) >= 11 is 0. The fourth-order valence-electron chi connectivity index (χ4n) is 4.16. The number of piperidine rings is 2. The van der Waals surface area contributed by atoms with Crippen LogP contribution in [-0.2, 0) is 4.74 Å². The molecule has 0 spiro atoms. The van der Waals surface area contributed by atoms with Crippen molar-refractivity contribution in [3.8, 4) is 5.75 Å². The lowest BCUT2D eigenvalue weighted by atomic mass is 9.88. The molecular weight excluding hydrogens is 390 g/mol. The first kappa shape index (κ1) is 22.8. The number of amides is 1. The molecule has 2 fully saturated rings. The normalized spacial score (nSPS) is 19.0. The van der Waals surface area contributed by atoms with E-state index in [2.05, 4.69) is 4.90 Å². The van der Waals surface area contributed by atoms with E-state index in [1.165, 1.54) is 31.4 Å². The SMILES string of the molecule is CC(C)(C)OC(=O)N1CCC(c2cc(F)c(F)cc2OCCN2CCCCC2)CC1. The first-order valence-corrected chi connectivity index (χ1v) is 11.0. The van der Waals surface area contributed by atoms with Gasteiger partial charge in [-0.1, -0.05) is 6.42 Å². The second kappa shape index (κ2) is 9.94. The summed E-state index contributed by atoms with van der Waals surface area (Å²) in [5.74, 6) is -1.31. The molecule has 2 aliphatic heterocycles. The largest absolute Gasteiger partial charge is 0.492 e. The molecule has 1 aromatic rings. The molecule has 2 heterocycles. The Labute approximate surface area is 178 Å². The standard InChI is InChI=1S/C23H34F2N2O3/c1-23(2,3)30-22(28)27-11-7-17(8-12-27)18-15-19(24)20(25)16-21(18)29-14-13-26-9-5-4-6-10-26/h15-17H,4-14H2,1-3H3. The molecule has 0 radical (unpaired) electrons. The van der Waals surface area contributed by atoms with Crippen molar-refractivity contribution in [3.63, 3.8) is 0 Å². The predicted octanol–water partition coefficient (Wildman–Crippen LogP) is 4.94. The van der Waals surface area contributed by atoms with Gasteiger partial charge in [-0.15, -0.1) is 0 Å². The Bertz CT molecular complexity index is 722. The second-order valence-corrected chi connectivity index (χ2v) is 9.30. The van der Waals surface area contributed by atoms with E-state index in [4.69, 9.17) is 9.47 Å². The Morgan fingerprint density at radius 1 is 1.03 bits per heavy atom. The Balaban J connectivity index is 1.61. The number of halogens is 2. The lowest BCUT2D eigenvalue weighted by molar-refractivity contribution is 0.0204. The van der Waals surface area contributed by atoms with Gasteiger partial charge in [0.2, 0.25) is 0 Å². The molecule has 5 nitrogen and oxygen atoms in total. The molecule has 2 saturated heterocycles. The number of rotatable bonds is 5. The monoisotopic (exact) mass is 424 g/mol. The van der Waals surface area contributed by atoms with E-state index in [9.17, 15) is 13.6 Å². The van der Waals surface area contributed by atoms with Crippen LogP contribution in [0.1, 0.15) is 64.4 Å². The van der Waals surface area contributed by atoms with Crippen LogP contribution in [0, 0.1) is 11.6 Å². The zero-order valence-electron chi connectivity index (χ0n) is 18.4. The van der Waals surface area contributed by atoms with E-state index < -0.39 is 17.2 Å². The molecule has 168 valence electrons. The van der Waals surface area contributed by atoms with Crippen molar-refractivity contribution in [2.45, 2.75) is 64.4 Å². The van der Waals surface area contributed by atoms with Crippen LogP contribution in [0.5, 0.6) is 5.75 Å². The predicted molar refractivity (Wildman–Crippen MR) is 112 cm³/mol. The zero-order chi connectivity index (χ0) is 21.7. The molecule has 0 saturated carbocycles. The number of hydrogen-bond donors (Lipinski definition) is 0. The molecule has 3 rings (SSSR count). The average Bonchev–Trinajstić information content (AvgIpc) is 2.70. The molecule has 0 aromatic heterocycles. The van der Waals surface area contributed by atoms with Gasteiger partial charge in [0.15, 0.2) is 11.6 Å². The highest BCUT2D eigenvalue weighted by Gasteiger charge is 2.29. The number of carbonyl (C=O) groups excluding carboxylic acids is 1. The first-order chi connectivity index (χ1) is 14.2. The number of likely N-dealkylation sites (tertiary alicyclic amines) is 2. The quantitative estimate of drug-likeness (QED) is 0.671. The van der Waals surface area contributed by atoms with Crippen LogP contribution >= 0.6 is 0 Å². The van der Waals surface area contributed by atoms with Gasteiger partial charge >= 0.3 is 6.09 Å². The summed E-state index contributed by atoms with van der Waals surface area (Å²) in [5, 5.41) is 0. The van der Waals surface area contributed by atoms with Crippen LogP contribution in [0.25, 0.3) is 0 Å². The summed E-state index contributed by atoms with van der Waals surface area (Å²) < 4.78 is 39.2. The molecule has 0 atom stereocenters. The highest BCUT2D eigenvalue weighted by Crippen LogP contribution is 2.36. The van der Waals surface area contributed by atoms with E-state index >= 15 is 0 Å². The fraction of sp³-hybridized carbons (Fsp3) is 0.696. The molecule has 0 aliphatic carbocycles. The molecular formula is C23H34F2N2O3. The van der Waals surface area contributed by atoms with Gasteiger partial charge in [0.1, 0.15) is 18.0 Å². The molecule has 0 unspecified atom stereocenters. The topological polar surface area (TPSA) is 42.0 Å². The third-order valence-electron chi connectivity index (χ3n) is 5.75. The summed E-state index contributed by atoms with van der Waals surface area (Å²) in [4.78, 5) is 16.3. The summed E-state index contributed by atoms with van der Waals surface area (Å²) in [6, 6.07) is 2.43. The van der Waals surface area contributed by atoms with E-state index in [-0.39, 0.29) is 12.0 Å². The number of benzene rings is 1. The van der Waals surface area contributed by atoms with Crippen molar-refractivity contribution in [1.82, 2.24) is 9.80 Å². The maximum Gasteiger partial charge on any atom is 0.410 e. The maximum atomic E-state index is 14.0. The van der Waals surface area contributed by atoms with Crippen LogP contribution in [0.2, 0.25) is 0 Å². The minimum absolute atomic E-state index is 0.0174. The van der Waals surface area contributed by atoms with E-state index in [1.807, 2.05) is 20.8 Å². The van der Waals surface area contributed by atoms with Crippen molar-refractivity contribution >= 4 is 6.09 Å². The lowest BCUT2D eigenvalue weighted by Crippen LogP contribution is -2.41. The smallest absolute Gasteiger partial charge is 0.410 e. The van der Waals surface area contributed by atoms with Gasteiger partial charge in [0.25, 0.3) is 0 Å². The molecule has 30 heavy (non-hydrogen) atoms. The lowest BCUT2D eigenvalue weighted by Gasteiger charge is -2.34. The minimum Gasteiger partial charge on any atom is -0.492 e. The van der Waals surface area contributed by atoms with Gasteiger partial charge in [0.05, 0.1) is 0 Å². The second-order valence-electron chi connectivity index (χ2n) is 9.30. The number of carbonyl (C=O) groups is 1. The number of nitrogens with zero attached hydrogens (tertiary/aromatic N) is 2. The highest BCUT2D eigenvalue weighted by molar-refractivity contribution is 5.68. The summed E-state index contributed by atoms with van der Waals surface area (Å²) in [7, 11) is 0. The minimum atomic E-state index is -0.891. The molecule has 2 aliphatic rings. The van der Waals surface area contributed by atoms with Crippen LogP contribution in [-0.4, -0.2) is 60.8 Å². The van der Waals surface area contributed by atoms with Crippen molar-refractivity contribution in [2.24, 2.45) is 0 Å².